The number of ether oxygens (including phenoxy) is 1. The zero-order valence-electron chi connectivity index (χ0n) is 8.12. The third-order valence-electron chi connectivity index (χ3n) is 2.36. The van der Waals surface area contributed by atoms with Gasteiger partial charge in [-0.15, -0.1) is 0 Å². The molecule has 3 unspecified atom stereocenters. The minimum Gasteiger partial charge on any atom is -0.479 e. The number of aliphatic carboxylic acids is 1. The number of hydrogen-bond donors (Lipinski definition) is 2. The standard InChI is InChI=1S/C9H17NO3/c1-6-3-4-8(5-10-6)13-7(2)9(11)12/h6-8,10H,3-5H2,1-2H3,(H,11,12). The van der Waals surface area contributed by atoms with Crippen LogP contribution < -0.4 is 5.32 Å². The van der Waals surface area contributed by atoms with Crippen LogP contribution in [-0.2, 0) is 9.53 Å². The van der Waals surface area contributed by atoms with Gasteiger partial charge in [0.2, 0.25) is 0 Å². The Hall–Kier alpha value is -0.610. The first-order chi connectivity index (χ1) is 6.09. The summed E-state index contributed by atoms with van der Waals surface area (Å²) in [6.45, 7) is 4.45. The number of rotatable bonds is 3. The van der Waals surface area contributed by atoms with Crippen molar-refractivity contribution in [2.24, 2.45) is 0 Å². The van der Waals surface area contributed by atoms with Gasteiger partial charge < -0.3 is 15.2 Å². The van der Waals surface area contributed by atoms with Gasteiger partial charge in [0.1, 0.15) is 0 Å². The Kier molecular flexibility index (Phi) is 3.69. The fourth-order valence-electron chi connectivity index (χ4n) is 1.44. The molecule has 1 aliphatic heterocycles. The first kappa shape index (κ1) is 10.5. The van der Waals surface area contributed by atoms with Crippen LogP contribution in [0.4, 0.5) is 0 Å². The maximum atomic E-state index is 10.5. The molecule has 0 saturated carbocycles. The molecule has 3 atom stereocenters. The normalized spacial score (nSPS) is 31.2. The summed E-state index contributed by atoms with van der Waals surface area (Å²) in [5.41, 5.74) is 0. The highest BCUT2D eigenvalue weighted by atomic mass is 16.5. The minimum atomic E-state index is -0.890. The molecule has 0 radical (unpaired) electrons. The van der Waals surface area contributed by atoms with Gasteiger partial charge in [0.25, 0.3) is 0 Å². The van der Waals surface area contributed by atoms with Crippen LogP contribution in [0.5, 0.6) is 0 Å². The fraction of sp³-hybridized carbons (Fsp3) is 0.889. The molecule has 4 nitrogen and oxygen atoms in total. The summed E-state index contributed by atoms with van der Waals surface area (Å²) in [4.78, 5) is 10.5. The largest absolute Gasteiger partial charge is 0.479 e. The summed E-state index contributed by atoms with van der Waals surface area (Å²) in [7, 11) is 0. The molecule has 2 N–H and O–H groups in total. The first-order valence-electron chi connectivity index (χ1n) is 4.71. The number of piperidine rings is 1. The topological polar surface area (TPSA) is 58.6 Å². The van der Waals surface area contributed by atoms with E-state index in [1.54, 1.807) is 6.92 Å². The van der Waals surface area contributed by atoms with Crippen LogP contribution in [0.2, 0.25) is 0 Å². The van der Waals surface area contributed by atoms with Crippen LogP contribution in [0.15, 0.2) is 0 Å². The van der Waals surface area contributed by atoms with Crippen molar-refractivity contribution in [3.63, 3.8) is 0 Å². The molecule has 13 heavy (non-hydrogen) atoms. The lowest BCUT2D eigenvalue weighted by Crippen LogP contribution is -2.43. The van der Waals surface area contributed by atoms with Crippen LogP contribution in [0.25, 0.3) is 0 Å². The van der Waals surface area contributed by atoms with Crippen molar-refractivity contribution in [2.75, 3.05) is 6.54 Å². The number of carboxylic acids is 1. The van der Waals surface area contributed by atoms with Gasteiger partial charge in [0.05, 0.1) is 6.10 Å². The maximum absolute atomic E-state index is 10.5. The molecule has 1 aliphatic rings. The lowest BCUT2D eigenvalue weighted by atomic mass is 10.0. The van der Waals surface area contributed by atoms with E-state index in [0.29, 0.717) is 6.04 Å². The molecule has 0 aromatic carbocycles. The van der Waals surface area contributed by atoms with Crippen molar-refractivity contribution in [3.8, 4) is 0 Å². The maximum Gasteiger partial charge on any atom is 0.332 e. The van der Waals surface area contributed by atoms with E-state index < -0.39 is 12.1 Å². The predicted molar refractivity (Wildman–Crippen MR) is 48.7 cm³/mol. The third kappa shape index (κ3) is 3.32. The highest BCUT2D eigenvalue weighted by Crippen LogP contribution is 2.12. The molecule has 1 saturated heterocycles. The summed E-state index contributed by atoms with van der Waals surface area (Å²) in [6, 6.07) is 0.528. The lowest BCUT2D eigenvalue weighted by Gasteiger charge is -2.28. The van der Waals surface area contributed by atoms with Gasteiger partial charge >= 0.3 is 5.97 Å². The van der Waals surface area contributed by atoms with E-state index >= 15 is 0 Å². The molecule has 0 amide bonds. The van der Waals surface area contributed by atoms with E-state index in [1.165, 1.54) is 0 Å². The van der Waals surface area contributed by atoms with E-state index in [1.807, 2.05) is 0 Å². The Morgan fingerprint density at radius 1 is 1.62 bits per heavy atom. The second-order valence-corrected chi connectivity index (χ2v) is 3.63. The van der Waals surface area contributed by atoms with E-state index in [9.17, 15) is 4.79 Å². The summed E-state index contributed by atoms with van der Waals surface area (Å²) in [6.07, 6.45) is 1.37. The van der Waals surface area contributed by atoms with Crippen molar-refractivity contribution < 1.29 is 14.6 Å². The van der Waals surface area contributed by atoms with Crippen LogP contribution in [-0.4, -0.2) is 35.9 Å². The molecule has 1 heterocycles. The monoisotopic (exact) mass is 187 g/mol. The van der Waals surface area contributed by atoms with Crippen molar-refractivity contribution in [2.45, 2.75) is 44.9 Å². The van der Waals surface area contributed by atoms with Crippen molar-refractivity contribution in [3.05, 3.63) is 0 Å². The van der Waals surface area contributed by atoms with Gasteiger partial charge in [-0.25, -0.2) is 4.79 Å². The second kappa shape index (κ2) is 4.58. The highest BCUT2D eigenvalue weighted by Gasteiger charge is 2.22. The Balaban J connectivity index is 2.26. The fourth-order valence-corrected chi connectivity index (χ4v) is 1.44. The van der Waals surface area contributed by atoms with Gasteiger partial charge in [-0.3, -0.25) is 0 Å². The van der Waals surface area contributed by atoms with Crippen LogP contribution in [0, 0.1) is 0 Å². The summed E-state index contributed by atoms with van der Waals surface area (Å²) in [5.74, 6) is -0.890. The molecule has 76 valence electrons. The Labute approximate surface area is 78.3 Å². The number of carboxylic acid groups (broad SMARTS) is 1. The van der Waals surface area contributed by atoms with Gasteiger partial charge in [0.15, 0.2) is 6.10 Å². The zero-order chi connectivity index (χ0) is 9.84. The Morgan fingerprint density at radius 3 is 2.77 bits per heavy atom. The molecule has 0 aliphatic carbocycles. The van der Waals surface area contributed by atoms with Crippen LogP contribution >= 0.6 is 0 Å². The van der Waals surface area contributed by atoms with Crippen LogP contribution in [0.3, 0.4) is 0 Å². The van der Waals surface area contributed by atoms with Gasteiger partial charge in [-0.1, -0.05) is 0 Å². The number of nitrogens with one attached hydrogen (secondary N) is 1. The Bertz CT molecular complexity index is 176. The zero-order valence-corrected chi connectivity index (χ0v) is 8.12. The van der Waals surface area contributed by atoms with E-state index in [-0.39, 0.29) is 6.10 Å². The van der Waals surface area contributed by atoms with Crippen molar-refractivity contribution in [1.82, 2.24) is 5.32 Å². The minimum absolute atomic E-state index is 0.0577. The second-order valence-electron chi connectivity index (χ2n) is 3.63. The van der Waals surface area contributed by atoms with Crippen molar-refractivity contribution in [1.29, 1.82) is 0 Å². The van der Waals surface area contributed by atoms with Gasteiger partial charge in [-0.2, -0.15) is 0 Å². The molecule has 1 rings (SSSR count). The van der Waals surface area contributed by atoms with Crippen molar-refractivity contribution >= 4 is 5.97 Å². The molecular formula is C9H17NO3. The van der Waals surface area contributed by atoms with E-state index in [0.717, 1.165) is 19.4 Å². The molecule has 0 bridgehead atoms. The van der Waals surface area contributed by atoms with Crippen LogP contribution in [0.1, 0.15) is 26.7 Å². The number of carbonyl (C=O) groups is 1. The Morgan fingerprint density at radius 2 is 2.31 bits per heavy atom. The molecule has 0 aromatic heterocycles. The highest BCUT2D eigenvalue weighted by molar-refractivity contribution is 5.71. The first-order valence-corrected chi connectivity index (χ1v) is 4.71. The average molecular weight is 187 g/mol. The molecule has 0 aromatic rings. The summed E-state index contributed by atoms with van der Waals surface area (Å²) < 4.78 is 5.34. The quantitative estimate of drug-likeness (QED) is 0.680. The van der Waals surface area contributed by atoms with Gasteiger partial charge in [0, 0.05) is 12.6 Å². The average Bonchev–Trinajstić information content (AvgIpc) is 2.08. The third-order valence-corrected chi connectivity index (χ3v) is 2.36. The molecular weight excluding hydrogens is 170 g/mol. The van der Waals surface area contributed by atoms with E-state index in [2.05, 4.69) is 12.2 Å². The molecule has 4 heteroatoms. The predicted octanol–water partition coefficient (Wildman–Crippen LogP) is 0.617. The summed E-state index contributed by atoms with van der Waals surface area (Å²) in [5, 5.41) is 11.9. The molecule has 0 spiro atoms. The summed E-state index contributed by atoms with van der Waals surface area (Å²) >= 11 is 0. The van der Waals surface area contributed by atoms with Gasteiger partial charge in [-0.05, 0) is 26.7 Å². The molecule has 1 fully saturated rings. The SMILES string of the molecule is CC1CCC(OC(C)C(=O)O)CN1. The number of hydrogen-bond acceptors (Lipinski definition) is 3. The van der Waals surface area contributed by atoms with E-state index in [4.69, 9.17) is 9.84 Å². The lowest BCUT2D eigenvalue weighted by molar-refractivity contribution is -0.153. The smallest absolute Gasteiger partial charge is 0.332 e.